The molecule has 0 radical (unpaired) electrons. The van der Waals surface area contributed by atoms with Gasteiger partial charge in [-0.15, -0.1) is 0 Å². The number of benzene rings is 2. The summed E-state index contributed by atoms with van der Waals surface area (Å²) in [6.45, 7) is 0.878. The molecule has 3 rings (SSSR count). The minimum Gasteiger partial charge on any atom is -0.322 e. The van der Waals surface area contributed by atoms with Gasteiger partial charge < -0.3 is 9.62 Å². The molecule has 2 aromatic carbocycles. The number of nitrogens with zero attached hydrogens (tertiary/aromatic N) is 1. The largest absolute Gasteiger partial charge is 0.322 e. The van der Waals surface area contributed by atoms with Gasteiger partial charge in [0.2, 0.25) is 0 Å². The van der Waals surface area contributed by atoms with E-state index in [2.05, 4.69) is 9.62 Å². The zero-order valence-corrected chi connectivity index (χ0v) is 15.4. The minimum absolute atomic E-state index is 0.157. The van der Waals surface area contributed by atoms with E-state index in [-0.39, 0.29) is 21.3 Å². The molecule has 1 aliphatic heterocycles. The number of carbonyl (C=O) groups is 1. The summed E-state index contributed by atoms with van der Waals surface area (Å²) in [5, 5.41) is 3.24. The van der Waals surface area contributed by atoms with Gasteiger partial charge in [-0.05, 0) is 48.7 Å². The Hall–Kier alpha value is -1.14. The second kappa shape index (κ2) is 7.40. The van der Waals surface area contributed by atoms with Crippen molar-refractivity contribution in [3.8, 4) is 0 Å². The predicted octanol–water partition coefficient (Wildman–Crippen LogP) is 5.90. The fourth-order valence-electron chi connectivity index (χ4n) is 2.36. The van der Waals surface area contributed by atoms with Crippen LogP contribution >= 0.6 is 46.8 Å². The summed E-state index contributed by atoms with van der Waals surface area (Å²) >= 11 is 19.8. The molecule has 0 saturated carbocycles. The summed E-state index contributed by atoms with van der Waals surface area (Å²) in [7, 11) is 0. The number of carbonyl (C=O) groups excluding carboxylic acids is 1. The molecule has 0 spiro atoms. The lowest BCUT2D eigenvalue weighted by atomic mass is 10.1. The maximum Gasteiger partial charge on any atom is 0.257 e. The maximum absolute atomic E-state index is 13.4. The number of rotatable bonds is 3. The van der Waals surface area contributed by atoms with E-state index in [1.54, 1.807) is 24.1 Å². The van der Waals surface area contributed by atoms with Crippen LogP contribution in [-0.2, 0) is 0 Å². The SMILES string of the molecule is O=C(Nc1cc(F)cc(Cl)c1)c1cc(N2CCCS2)cc(Cl)c1Cl. The Balaban J connectivity index is 1.90. The molecule has 1 heterocycles. The summed E-state index contributed by atoms with van der Waals surface area (Å²) < 4.78 is 15.5. The van der Waals surface area contributed by atoms with Crippen LogP contribution in [0.2, 0.25) is 15.1 Å². The highest BCUT2D eigenvalue weighted by Crippen LogP contribution is 2.36. The first-order chi connectivity index (χ1) is 11.4. The molecule has 8 heteroatoms. The van der Waals surface area contributed by atoms with E-state index in [0.717, 1.165) is 30.5 Å². The highest BCUT2D eigenvalue weighted by molar-refractivity contribution is 8.00. The molecule has 24 heavy (non-hydrogen) atoms. The molecular formula is C16H12Cl3FN2OS. The average Bonchev–Trinajstić information content (AvgIpc) is 3.03. The molecule has 126 valence electrons. The van der Waals surface area contributed by atoms with Gasteiger partial charge in [0, 0.05) is 28.7 Å². The molecule has 0 aliphatic carbocycles. The van der Waals surface area contributed by atoms with Crippen molar-refractivity contribution in [3.63, 3.8) is 0 Å². The van der Waals surface area contributed by atoms with E-state index < -0.39 is 11.7 Å². The first-order valence-corrected chi connectivity index (χ1v) is 9.18. The van der Waals surface area contributed by atoms with Crippen molar-refractivity contribution in [3.05, 3.63) is 56.8 Å². The van der Waals surface area contributed by atoms with Crippen molar-refractivity contribution in [1.82, 2.24) is 0 Å². The molecular weight excluding hydrogens is 394 g/mol. The highest BCUT2D eigenvalue weighted by atomic mass is 35.5. The van der Waals surface area contributed by atoms with Gasteiger partial charge in [-0.3, -0.25) is 4.79 Å². The molecule has 0 aromatic heterocycles. The third-order valence-electron chi connectivity index (χ3n) is 3.42. The van der Waals surface area contributed by atoms with Crippen molar-refractivity contribution in [1.29, 1.82) is 0 Å². The van der Waals surface area contributed by atoms with Crippen LogP contribution in [0, 0.1) is 5.82 Å². The zero-order valence-electron chi connectivity index (χ0n) is 12.3. The van der Waals surface area contributed by atoms with E-state index in [9.17, 15) is 9.18 Å². The van der Waals surface area contributed by atoms with Gasteiger partial charge in [0.1, 0.15) is 5.82 Å². The molecule has 1 saturated heterocycles. The number of amides is 1. The molecule has 1 aliphatic rings. The summed E-state index contributed by atoms with van der Waals surface area (Å²) in [5.41, 5.74) is 1.29. The minimum atomic E-state index is -0.538. The highest BCUT2D eigenvalue weighted by Gasteiger charge is 2.20. The predicted molar refractivity (Wildman–Crippen MR) is 100 cm³/mol. The lowest BCUT2D eigenvalue weighted by molar-refractivity contribution is 0.102. The number of nitrogens with one attached hydrogen (secondary N) is 1. The molecule has 0 bridgehead atoms. The van der Waals surface area contributed by atoms with Crippen LogP contribution in [0.4, 0.5) is 15.8 Å². The molecule has 1 fully saturated rings. The summed E-state index contributed by atoms with van der Waals surface area (Å²) in [4.78, 5) is 12.5. The van der Waals surface area contributed by atoms with Crippen molar-refractivity contribution in [2.45, 2.75) is 6.42 Å². The van der Waals surface area contributed by atoms with Crippen LogP contribution in [0.3, 0.4) is 0 Å². The quantitative estimate of drug-likeness (QED) is 0.646. The average molecular weight is 406 g/mol. The normalized spacial score (nSPS) is 14.1. The van der Waals surface area contributed by atoms with E-state index in [1.165, 1.54) is 12.1 Å². The molecule has 1 amide bonds. The van der Waals surface area contributed by atoms with Crippen molar-refractivity contribution in [2.75, 3.05) is 21.9 Å². The van der Waals surface area contributed by atoms with Crippen LogP contribution in [0.25, 0.3) is 0 Å². The fourth-order valence-corrected chi connectivity index (χ4v) is 3.98. The number of hydrogen-bond donors (Lipinski definition) is 1. The maximum atomic E-state index is 13.4. The van der Waals surface area contributed by atoms with Gasteiger partial charge in [-0.1, -0.05) is 34.8 Å². The van der Waals surface area contributed by atoms with Crippen LogP contribution in [-0.4, -0.2) is 18.2 Å². The van der Waals surface area contributed by atoms with Crippen LogP contribution in [0.1, 0.15) is 16.8 Å². The Labute approximate surface area is 158 Å². The Morgan fingerprint density at radius 2 is 1.96 bits per heavy atom. The standard InChI is InChI=1S/C16H12Cl3FN2OS/c17-9-4-10(20)6-11(5-9)21-16(23)13-7-12(8-14(18)15(13)19)22-2-1-3-24-22/h4-8H,1-3H2,(H,21,23). The fraction of sp³-hybridized carbons (Fsp3) is 0.188. The van der Waals surface area contributed by atoms with E-state index >= 15 is 0 Å². The van der Waals surface area contributed by atoms with Crippen molar-refractivity contribution >= 4 is 64.0 Å². The van der Waals surface area contributed by atoms with Gasteiger partial charge in [0.25, 0.3) is 5.91 Å². The molecule has 3 nitrogen and oxygen atoms in total. The van der Waals surface area contributed by atoms with Gasteiger partial charge in [0.15, 0.2) is 0 Å². The third-order valence-corrected chi connectivity index (χ3v) is 5.62. The van der Waals surface area contributed by atoms with E-state index in [1.807, 2.05) is 0 Å². The smallest absolute Gasteiger partial charge is 0.257 e. The second-order valence-electron chi connectivity index (χ2n) is 5.19. The summed E-state index contributed by atoms with van der Waals surface area (Å²) in [5.74, 6) is 0.00239. The van der Waals surface area contributed by atoms with Crippen LogP contribution in [0.15, 0.2) is 30.3 Å². The number of halogens is 4. The lowest BCUT2D eigenvalue weighted by Gasteiger charge is -2.18. The van der Waals surface area contributed by atoms with Gasteiger partial charge in [0.05, 0.1) is 15.6 Å². The van der Waals surface area contributed by atoms with Crippen molar-refractivity contribution in [2.24, 2.45) is 0 Å². The van der Waals surface area contributed by atoms with E-state index in [0.29, 0.717) is 5.02 Å². The summed E-state index contributed by atoms with van der Waals surface area (Å²) in [6, 6.07) is 7.21. The van der Waals surface area contributed by atoms with Crippen molar-refractivity contribution < 1.29 is 9.18 Å². The first kappa shape index (κ1) is 17.7. The molecule has 2 aromatic rings. The third kappa shape index (κ3) is 3.91. The number of hydrogen-bond acceptors (Lipinski definition) is 3. The molecule has 0 atom stereocenters. The number of anilines is 2. The van der Waals surface area contributed by atoms with Crippen LogP contribution in [0.5, 0.6) is 0 Å². The Bertz CT molecular complexity index is 777. The lowest BCUT2D eigenvalue weighted by Crippen LogP contribution is -2.15. The molecule has 1 N–H and O–H groups in total. The first-order valence-electron chi connectivity index (χ1n) is 7.11. The Morgan fingerprint density at radius 3 is 2.62 bits per heavy atom. The summed E-state index contributed by atoms with van der Waals surface area (Å²) in [6.07, 6.45) is 1.06. The Kier molecular flexibility index (Phi) is 5.45. The zero-order chi connectivity index (χ0) is 17.3. The van der Waals surface area contributed by atoms with Crippen LogP contribution < -0.4 is 9.62 Å². The monoisotopic (exact) mass is 404 g/mol. The second-order valence-corrected chi connectivity index (χ2v) is 7.52. The topological polar surface area (TPSA) is 32.3 Å². The van der Waals surface area contributed by atoms with Gasteiger partial charge in [-0.2, -0.15) is 0 Å². The Morgan fingerprint density at radius 1 is 1.17 bits per heavy atom. The molecule has 0 unspecified atom stereocenters. The van der Waals surface area contributed by atoms with Gasteiger partial charge in [-0.25, -0.2) is 4.39 Å². The van der Waals surface area contributed by atoms with E-state index in [4.69, 9.17) is 34.8 Å². The van der Waals surface area contributed by atoms with Gasteiger partial charge >= 0.3 is 0 Å².